The standard InChI is InChI=1S/C16H23N/c1-13(2)12-16(14-8-4-3-5-9-14)17-15-10-6-7-11-15/h3-9,13,15-17H,10-12H2,1-2H3. The van der Waals surface area contributed by atoms with Crippen LogP contribution in [0.4, 0.5) is 0 Å². The molecule has 0 spiro atoms. The minimum Gasteiger partial charge on any atom is -0.307 e. The van der Waals surface area contributed by atoms with Crippen LogP contribution >= 0.6 is 0 Å². The van der Waals surface area contributed by atoms with E-state index in [-0.39, 0.29) is 0 Å². The Hall–Kier alpha value is -1.08. The average Bonchev–Trinajstić information content (AvgIpc) is 2.82. The van der Waals surface area contributed by atoms with Crippen molar-refractivity contribution in [2.45, 2.75) is 45.2 Å². The molecule has 0 aliphatic heterocycles. The van der Waals surface area contributed by atoms with Crippen LogP contribution in [0.25, 0.3) is 0 Å². The molecule has 1 nitrogen and oxygen atoms in total. The molecule has 0 amide bonds. The van der Waals surface area contributed by atoms with Gasteiger partial charge in [-0.2, -0.15) is 0 Å². The largest absolute Gasteiger partial charge is 0.307 e. The molecule has 0 fully saturated rings. The third-order valence-electron chi connectivity index (χ3n) is 3.35. The number of benzene rings is 1. The van der Waals surface area contributed by atoms with Crippen molar-refractivity contribution in [3.63, 3.8) is 0 Å². The number of rotatable bonds is 5. The summed E-state index contributed by atoms with van der Waals surface area (Å²) in [6.45, 7) is 4.59. The van der Waals surface area contributed by atoms with E-state index in [1.807, 2.05) is 0 Å². The SMILES string of the molecule is CC(C)CC(NC1CC=CC1)c1ccccc1. The fraction of sp³-hybridized carbons (Fsp3) is 0.500. The first-order chi connectivity index (χ1) is 8.25. The van der Waals surface area contributed by atoms with E-state index in [1.54, 1.807) is 0 Å². The molecule has 1 aromatic rings. The van der Waals surface area contributed by atoms with Crippen molar-refractivity contribution in [1.82, 2.24) is 5.32 Å². The summed E-state index contributed by atoms with van der Waals surface area (Å²) in [5.74, 6) is 0.724. The molecule has 0 saturated heterocycles. The molecule has 2 rings (SSSR count). The second-order valence-corrected chi connectivity index (χ2v) is 5.40. The predicted octanol–water partition coefficient (Wildman–Crippen LogP) is 4.08. The van der Waals surface area contributed by atoms with Crippen LogP contribution in [-0.2, 0) is 0 Å². The van der Waals surface area contributed by atoms with Crippen molar-refractivity contribution in [3.05, 3.63) is 48.0 Å². The quantitative estimate of drug-likeness (QED) is 0.750. The van der Waals surface area contributed by atoms with Crippen molar-refractivity contribution < 1.29 is 0 Å². The zero-order valence-corrected chi connectivity index (χ0v) is 10.9. The van der Waals surface area contributed by atoms with Gasteiger partial charge in [-0.15, -0.1) is 0 Å². The molecule has 92 valence electrons. The summed E-state index contributed by atoms with van der Waals surface area (Å²) in [7, 11) is 0. The van der Waals surface area contributed by atoms with Crippen LogP contribution in [0.2, 0.25) is 0 Å². The highest BCUT2D eigenvalue weighted by molar-refractivity contribution is 5.19. The van der Waals surface area contributed by atoms with E-state index in [0.717, 1.165) is 5.92 Å². The van der Waals surface area contributed by atoms with E-state index in [2.05, 4.69) is 61.6 Å². The predicted molar refractivity (Wildman–Crippen MR) is 73.9 cm³/mol. The summed E-state index contributed by atoms with van der Waals surface area (Å²) in [5.41, 5.74) is 1.42. The monoisotopic (exact) mass is 229 g/mol. The van der Waals surface area contributed by atoms with Crippen LogP contribution in [0.1, 0.15) is 44.7 Å². The number of hydrogen-bond donors (Lipinski definition) is 1. The maximum absolute atomic E-state index is 3.80. The molecule has 0 heterocycles. The Balaban J connectivity index is 2.02. The third kappa shape index (κ3) is 3.71. The molecule has 1 aliphatic carbocycles. The molecular weight excluding hydrogens is 206 g/mol. The third-order valence-corrected chi connectivity index (χ3v) is 3.35. The Kier molecular flexibility index (Phi) is 4.38. The van der Waals surface area contributed by atoms with Gasteiger partial charge < -0.3 is 5.32 Å². The summed E-state index contributed by atoms with van der Waals surface area (Å²) in [5, 5.41) is 3.80. The van der Waals surface area contributed by atoms with Gasteiger partial charge in [-0.05, 0) is 30.7 Å². The molecule has 0 aromatic heterocycles. The van der Waals surface area contributed by atoms with Gasteiger partial charge in [0.25, 0.3) is 0 Å². The van der Waals surface area contributed by atoms with Crippen LogP contribution in [0.15, 0.2) is 42.5 Å². The van der Waals surface area contributed by atoms with Crippen LogP contribution in [-0.4, -0.2) is 6.04 Å². The van der Waals surface area contributed by atoms with Crippen LogP contribution in [0.5, 0.6) is 0 Å². The highest BCUT2D eigenvalue weighted by Gasteiger charge is 2.18. The van der Waals surface area contributed by atoms with E-state index in [4.69, 9.17) is 0 Å². The number of hydrogen-bond acceptors (Lipinski definition) is 1. The summed E-state index contributed by atoms with van der Waals surface area (Å²) in [4.78, 5) is 0. The molecule has 17 heavy (non-hydrogen) atoms. The van der Waals surface area contributed by atoms with Gasteiger partial charge in [0.1, 0.15) is 0 Å². The van der Waals surface area contributed by atoms with Gasteiger partial charge in [-0.3, -0.25) is 0 Å². The fourth-order valence-corrected chi connectivity index (χ4v) is 2.49. The van der Waals surface area contributed by atoms with E-state index < -0.39 is 0 Å². The van der Waals surface area contributed by atoms with Crippen molar-refractivity contribution in [2.24, 2.45) is 5.92 Å². The minimum atomic E-state index is 0.501. The highest BCUT2D eigenvalue weighted by atomic mass is 15.0. The molecule has 1 aliphatic rings. The Morgan fingerprint density at radius 3 is 2.35 bits per heavy atom. The Bertz CT molecular complexity index is 345. The van der Waals surface area contributed by atoms with Crippen molar-refractivity contribution >= 4 is 0 Å². The molecule has 0 radical (unpaired) electrons. The molecule has 1 unspecified atom stereocenters. The lowest BCUT2D eigenvalue weighted by Crippen LogP contribution is -2.31. The zero-order chi connectivity index (χ0) is 12.1. The van der Waals surface area contributed by atoms with Gasteiger partial charge in [-0.25, -0.2) is 0 Å². The average molecular weight is 229 g/mol. The second kappa shape index (κ2) is 6.02. The van der Waals surface area contributed by atoms with Gasteiger partial charge in [0.05, 0.1) is 0 Å². The second-order valence-electron chi connectivity index (χ2n) is 5.40. The lowest BCUT2D eigenvalue weighted by Gasteiger charge is -2.25. The minimum absolute atomic E-state index is 0.501. The van der Waals surface area contributed by atoms with E-state index >= 15 is 0 Å². The van der Waals surface area contributed by atoms with Gasteiger partial charge >= 0.3 is 0 Å². The van der Waals surface area contributed by atoms with Gasteiger partial charge in [-0.1, -0.05) is 56.3 Å². The topological polar surface area (TPSA) is 12.0 Å². The first-order valence-corrected chi connectivity index (χ1v) is 6.71. The van der Waals surface area contributed by atoms with Crippen molar-refractivity contribution in [3.8, 4) is 0 Å². The highest BCUT2D eigenvalue weighted by Crippen LogP contribution is 2.24. The first kappa shape index (κ1) is 12.4. The smallest absolute Gasteiger partial charge is 0.0325 e. The zero-order valence-electron chi connectivity index (χ0n) is 10.9. The maximum atomic E-state index is 3.80. The van der Waals surface area contributed by atoms with Crippen molar-refractivity contribution in [1.29, 1.82) is 0 Å². The molecule has 0 saturated carbocycles. The summed E-state index contributed by atoms with van der Waals surface area (Å²) >= 11 is 0. The lowest BCUT2D eigenvalue weighted by atomic mass is 9.96. The lowest BCUT2D eigenvalue weighted by molar-refractivity contribution is 0.385. The van der Waals surface area contributed by atoms with Gasteiger partial charge in [0, 0.05) is 12.1 Å². The van der Waals surface area contributed by atoms with Gasteiger partial charge in [0.15, 0.2) is 0 Å². The fourth-order valence-electron chi connectivity index (χ4n) is 2.49. The number of nitrogens with one attached hydrogen (secondary N) is 1. The van der Waals surface area contributed by atoms with E-state index in [0.29, 0.717) is 12.1 Å². The molecule has 0 bridgehead atoms. The Labute approximate surface area is 105 Å². The Morgan fingerprint density at radius 2 is 1.76 bits per heavy atom. The molecular formula is C16H23N. The summed E-state index contributed by atoms with van der Waals surface area (Å²) < 4.78 is 0. The molecule has 1 N–H and O–H groups in total. The van der Waals surface area contributed by atoms with Crippen LogP contribution in [0, 0.1) is 5.92 Å². The molecule has 1 atom stereocenters. The summed E-state index contributed by atoms with van der Waals surface area (Å²) in [6, 6.07) is 12.0. The van der Waals surface area contributed by atoms with Crippen molar-refractivity contribution in [2.75, 3.05) is 0 Å². The van der Waals surface area contributed by atoms with E-state index in [1.165, 1.54) is 24.8 Å². The van der Waals surface area contributed by atoms with Gasteiger partial charge in [0.2, 0.25) is 0 Å². The maximum Gasteiger partial charge on any atom is 0.0325 e. The Morgan fingerprint density at radius 1 is 1.12 bits per heavy atom. The van der Waals surface area contributed by atoms with Crippen LogP contribution in [0.3, 0.4) is 0 Å². The van der Waals surface area contributed by atoms with Crippen LogP contribution < -0.4 is 5.32 Å². The van der Waals surface area contributed by atoms with E-state index in [9.17, 15) is 0 Å². The first-order valence-electron chi connectivity index (χ1n) is 6.71. The molecule has 1 heteroatoms. The summed E-state index contributed by atoms with van der Waals surface area (Å²) in [6.07, 6.45) is 8.15. The normalized spacial score (nSPS) is 17.8. The molecule has 1 aromatic carbocycles.